The first-order valence-corrected chi connectivity index (χ1v) is 8.20. The van der Waals surface area contributed by atoms with Crippen LogP contribution in [0, 0.1) is 6.92 Å². The molecule has 0 aliphatic carbocycles. The van der Waals surface area contributed by atoms with Gasteiger partial charge in [-0.05, 0) is 43.7 Å². The van der Waals surface area contributed by atoms with Crippen LogP contribution in [0.5, 0.6) is 0 Å². The summed E-state index contributed by atoms with van der Waals surface area (Å²) in [4.78, 5) is 16.2. The molecule has 128 valence electrons. The van der Waals surface area contributed by atoms with E-state index in [0.29, 0.717) is 10.8 Å². The molecule has 6 nitrogen and oxygen atoms in total. The number of amides is 2. The zero-order valence-electron chi connectivity index (χ0n) is 13.9. The average molecular weight is 356 g/mol. The first-order chi connectivity index (χ1) is 12.0. The summed E-state index contributed by atoms with van der Waals surface area (Å²) in [5.74, 6) is 0.493. The number of H-pyrrole nitrogens is 1. The van der Waals surface area contributed by atoms with Gasteiger partial charge in [0, 0.05) is 28.5 Å². The Bertz CT molecular complexity index is 861. The molecule has 0 fully saturated rings. The molecule has 2 aromatic heterocycles. The average Bonchev–Trinajstić information content (AvgIpc) is 2.96. The third kappa shape index (κ3) is 3.97. The highest BCUT2D eigenvalue weighted by atomic mass is 35.5. The number of urea groups is 1. The molecule has 1 aromatic carbocycles. The quantitative estimate of drug-likeness (QED) is 0.651. The molecule has 3 aromatic rings. The van der Waals surface area contributed by atoms with Crippen LogP contribution < -0.4 is 10.6 Å². The van der Waals surface area contributed by atoms with Gasteiger partial charge in [0.25, 0.3) is 0 Å². The van der Waals surface area contributed by atoms with E-state index in [1.807, 2.05) is 38.1 Å². The Balaban J connectivity index is 1.67. The van der Waals surface area contributed by atoms with Crippen molar-refractivity contribution in [1.82, 2.24) is 20.5 Å². The molecule has 1 atom stereocenters. The Kier molecular flexibility index (Phi) is 5.00. The number of hydrogen-bond acceptors (Lipinski definition) is 3. The summed E-state index contributed by atoms with van der Waals surface area (Å²) in [6.07, 6.45) is 3.42. The number of nitrogens with one attached hydrogen (secondary N) is 3. The lowest BCUT2D eigenvalue weighted by atomic mass is 10.1. The number of carbonyl (C=O) groups is 1. The van der Waals surface area contributed by atoms with Gasteiger partial charge in [0.05, 0.1) is 11.7 Å². The first-order valence-electron chi connectivity index (χ1n) is 7.83. The van der Waals surface area contributed by atoms with Crippen molar-refractivity contribution in [3.8, 4) is 11.3 Å². The summed E-state index contributed by atoms with van der Waals surface area (Å²) in [5.41, 5.74) is 3.64. The van der Waals surface area contributed by atoms with E-state index < -0.39 is 0 Å². The summed E-state index contributed by atoms with van der Waals surface area (Å²) >= 11 is 5.88. The number of halogens is 1. The van der Waals surface area contributed by atoms with E-state index in [4.69, 9.17) is 11.6 Å². The minimum absolute atomic E-state index is 0.156. The van der Waals surface area contributed by atoms with E-state index in [0.717, 1.165) is 22.4 Å². The summed E-state index contributed by atoms with van der Waals surface area (Å²) < 4.78 is 0. The van der Waals surface area contributed by atoms with E-state index in [1.165, 1.54) is 0 Å². The Labute approximate surface area is 150 Å². The van der Waals surface area contributed by atoms with Crippen LogP contribution in [0.4, 0.5) is 10.6 Å². The first kappa shape index (κ1) is 17.0. The number of benzene rings is 1. The fourth-order valence-corrected chi connectivity index (χ4v) is 2.62. The second-order valence-corrected chi connectivity index (χ2v) is 6.12. The number of aromatic nitrogens is 3. The monoisotopic (exact) mass is 355 g/mol. The highest BCUT2D eigenvalue weighted by molar-refractivity contribution is 6.30. The van der Waals surface area contributed by atoms with Crippen LogP contribution in [-0.2, 0) is 0 Å². The van der Waals surface area contributed by atoms with E-state index in [9.17, 15) is 4.79 Å². The van der Waals surface area contributed by atoms with Gasteiger partial charge in [-0.15, -0.1) is 0 Å². The van der Waals surface area contributed by atoms with Crippen molar-refractivity contribution in [1.29, 1.82) is 0 Å². The lowest BCUT2D eigenvalue weighted by molar-refractivity contribution is 0.249. The Morgan fingerprint density at radius 1 is 1.16 bits per heavy atom. The van der Waals surface area contributed by atoms with E-state index in [-0.39, 0.29) is 12.1 Å². The van der Waals surface area contributed by atoms with Crippen molar-refractivity contribution in [3.63, 3.8) is 0 Å². The number of pyridine rings is 1. The van der Waals surface area contributed by atoms with Crippen LogP contribution in [0.3, 0.4) is 0 Å². The molecule has 2 amide bonds. The summed E-state index contributed by atoms with van der Waals surface area (Å²) in [7, 11) is 0. The molecule has 0 unspecified atom stereocenters. The standard InChI is InChI=1S/C18H18ClN5O/c1-11-16(14-7-9-20-10-8-14)23-24-17(11)22-18(25)21-12(2)13-3-5-15(19)6-4-13/h3-10,12H,1-2H3,(H3,21,22,23,24,25)/t12-/m1/s1. The van der Waals surface area contributed by atoms with Gasteiger partial charge in [0.1, 0.15) is 0 Å². The minimum Gasteiger partial charge on any atom is -0.331 e. The van der Waals surface area contributed by atoms with Crippen LogP contribution in [0.15, 0.2) is 48.8 Å². The third-order valence-corrected chi connectivity index (χ3v) is 4.18. The third-order valence-electron chi connectivity index (χ3n) is 3.93. The van der Waals surface area contributed by atoms with Crippen molar-refractivity contribution in [2.24, 2.45) is 0 Å². The van der Waals surface area contributed by atoms with Crippen LogP contribution in [0.1, 0.15) is 24.1 Å². The highest BCUT2D eigenvalue weighted by Gasteiger charge is 2.15. The Morgan fingerprint density at radius 3 is 2.52 bits per heavy atom. The van der Waals surface area contributed by atoms with Crippen molar-refractivity contribution in [2.45, 2.75) is 19.9 Å². The molecule has 0 spiro atoms. The predicted octanol–water partition coefficient (Wildman–Crippen LogP) is 4.32. The molecule has 0 aliphatic heterocycles. The van der Waals surface area contributed by atoms with Gasteiger partial charge in [-0.3, -0.25) is 15.4 Å². The SMILES string of the molecule is Cc1c(NC(=O)N[C@H](C)c2ccc(Cl)cc2)n[nH]c1-c1ccncc1. The Hall–Kier alpha value is -2.86. The normalized spacial score (nSPS) is 11.8. The van der Waals surface area contributed by atoms with Gasteiger partial charge in [0.2, 0.25) is 0 Å². The fraction of sp³-hybridized carbons (Fsp3) is 0.167. The van der Waals surface area contributed by atoms with E-state index in [1.54, 1.807) is 24.5 Å². The topological polar surface area (TPSA) is 82.7 Å². The summed E-state index contributed by atoms with van der Waals surface area (Å²) in [6.45, 7) is 3.81. The minimum atomic E-state index is -0.321. The lowest BCUT2D eigenvalue weighted by Crippen LogP contribution is -2.31. The van der Waals surface area contributed by atoms with Gasteiger partial charge >= 0.3 is 6.03 Å². The molecule has 0 saturated carbocycles. The molecular formula is C18H18ClN5O. The zero-order chi connectivity index (χ0) is 17.8. The van der Waals surface area contributed by atoms with Gasteiger partial charge < -0.3 is 5.32 Å². The summed E-state index contributed by atoms with van der Waals surface area (Å²) in [5, 5.41) is 13.5. The molecule has 2 heterocycles. The molecular weight excluding hydrogens is 338 g/mol. The van der Waals surface area contributed by atoms with Gasteiger partial charge in [0.15, 0.2) is 5.82 Å². The molecule has 0 aliphatic rings. The predicted molar refractivity (Wildman–Crippen MR) is 98.6 cm³/mol. The van der Waals surface area contributed by atoms with Crippen molar-refractivity contribution in [3.05, 3.63) is 64.9 Å². The van der Waals surface area contributed by atoms with Crippen LogP contribution in [0.2, 0.25) is 5.02 Å². The van der Waals surface area contributed by atoms with Crippen molar-refractivity contribution < 1.29 is 4.79 Å². The number of carbonyl (C=O) groups excluding carboxylic acids is 1. The molecule has 25 heavy (non-hydrogen) atoms. The number of nitrogens with zero attached hydrogens (tertiary/aromatic N) is 2. The zero-order valence-corrected chi connectivity index (χ0v) is 14.6. The van der Waals surface area contributed by atoms with Crippen LogP contribution >= 0.6 is 11.6 Å². The van der Waals surface area contributed by atoms with Gasteiger partial charge in [-0.2, -0.15) is 5.10 Å². The van der Waals surface area contributed by atoms with Crippen molar-refractivity contribution in [2.75, 3.05) is 5.32 Å². The van der Waals surface area contributed by atoms with Gasteiger partial charge in [-0.25, -0.2) is 4.79 Å². The van der Waals surface area contributed by atoms with Gasteiger partial charge in [-0.1, -0.05) is 23.7 Å². The van der Waals surface area contributed by atoms with Crippen LogP contribution in [0.25, 0.3) is 11.3 Å². The lowest BCUT2D eigenvalue weighted by Gasteiger charge is -2.14. The maximum Gasteiger partial charge on any atom is 0.320 e. The van der Waals surface area contributed by atoms with E-state index >= 15 is 0 Å². The smallest absolute Gasteiger partial charge is 0.320 e. The Morgan fingerprint density at radius 2 is 1.84 bits per heavy atom. The molecule has 0 saturated heterocycles. The fourth-order valence-electron chi connectivity index (χ4n) is 2.49. The number of anilines is 1. The second kappa shape index (κ2) is 7.36. The maximum absolute atomic E-state index is 12.2. The molecule has 0 bridgehead atoms. The second-order valence-electron chi connectivity index (χ2n) is 5.68. The maximum atomic E-state index is 12.2. The molecule has 3 rings (SSSR count). The molecule has 0 radical (unpaired) electrons. The highest BCUT2D eigenvalue weighted by Crippen LogP contribution is 2.25. The molecule has 3 N–H and O–H groups in total. The summed E-state index contributed by atoms with van der Waals surface area (Å²) in [6, 6.07) is 10.6. The van der Waals surface area contributed by atoms with Crippen LogP contribution in [-0.4, -0.2) is 21.2 Å². The molecule has 7 heteroatoms. The number of rotatable bonds is 4. The van der Waals surface area contributed by atoms with Crippen molar-refractivity contribution >= 4 is 23.4 Å². The van der Waals surface area contributed by atoms with E-state index in [2.05, 4.69) is 25.8 Å². The number of aromatic amines is 1. The number of hydrogen-bond donors (Lipinski definition) is 3. The largest absolute Gasteiger partial charge is 0.331 e.